The first-order chi connectivity index (χ1) is 7.42. The molecule has 0 unspecified atom stereocenters. The van der Waals surface area contributed by atoms with Crippen molar-refractivity contribution < 1.29 is 13.2 Å². The van der Waals surface area contributed by atoms with Gasteiger partial charge in [-0.3, -0.25) is 0 Å². The predicted molar refractivity (Wildman–Crippen MR) is 63.6 cm³/mol. The Balaban J connectivity index is 3.31. The zero-order chi connectivity index (χ0) is 12.3. The van der Waals surface area contributed by atoms with Crippen molar-refractivity contribution in [3.05, 3.63) is 23.3 Å². The van der Waals surface area contributed by atoms with Gasteiger partial charge >= 0.3 is 0 Å². The minimum Gasteiger partial charge on any atom is -0.496 e. The molecule has 16 heavy (non-hydrogen) atoms. The zero-order valence-electron chi connectivity index (χ0n) is 9.78. The molecule has 5 heteroatoms. The molecule has 0 spiro atoms. The van der Waals surface area contributed by atoms with Gasteiger partial charge in [0.2, 0.25) is 0 Å². The number of hydrogen-bond acceptors (Lipinski definition) is 4. The average Bonchev–Trinajstić information content (AvgIpc) is 2.20. The smallest absolute Gasteiger partial charge is 0.179 e. The first-order valence-corrected chi connectivity index (χ1v) is 6.65. The van der Waals surface area contributed by atoms with Crippen LogP contribution in [0.2, 0.25) is 0 Å². The molecule has 90 valence electrons. The Morgan fingerprint density at radius 3 is 2.38 bits per heavy atom. The van der Waals surface area contributed by atoms with Crippen molar-refractivity contribution in [3.63, 3.8) is 0 Å². The van der Waals surface area contributed by atoms with Gasteiger partial charge in [0, 0.05) is 6.54 Å². The lowest BCUT2D eigenvalue weighted by atomic mass is 10.1. The summed E-state index contributed by atoms with van der Waals surface area (Å²) < 4.78 is 28.9. The second-order valence-electron chi connectivity index (χ2n) is 3.69. The first kappa shape index (κ1) is 13.0. The van der Waals surface area contributed by atoms with Crippen molar-refractivity contribution in [3.8, 4) is 5.75 Å². The van der Waals surface area contributed by atoms with E-state index in [9.17, 15) is 8.42 Å². The van der Waals surface area contributed by atoms with Gasteiger partial charge < -0.3 is 10.5 Å². The summed E-state index contributed by atoms with van der Waals surface area (Å²) in [5.41, 5.74) is 6.79. The minimum absolute atomic E-state index is 0.0282. The number of methoxy groups -OCH3 is 1. The fraction of sp³-hybridized carbons (Fsp3) is 0.455. The molecule has 0 bridgehead atoms. The molecule has 0 saturated carbocycles. The zero-order valence-corrected chi connectivity index (χ0v) is 10.6. The molecule has 0 heterocycles. The summed E-state index contributed by atoms with van der Waals surface area (Å²) in [5.74, 6) is 0.670. The molecular formula is C11H17NO3S. The van der Waals surface area contributed by atoms with Gasteiger partial charge in [0.05, 0.1) is 17.8 Å². The Morgan fingerprint density at radius 2 is 1.88 bits per heavy atom. The highest BCUT2D eigenvalue weighted by molar-refractivity contribution is 7.91. The lowest BCUT2D eigenvalue weighted by molar-refractivity contribution is 0.411. The van der Waals surface area contributed by atoms with Crippen molar-refractivity contribution in [1.82, 2.24) is 0 Å². The van der Waals surface area contributed by atoms with Gasteiger partial charge in [-0.1, -0.05) is 0 Å². The number of hydrogen-bond donors (Lipinski definition) is 1. The van der Waals surface area contributed by atoms with Crippen molar-refractivity contribution in [1.29, 1.82) is 0 Å². The van der Waals surface area contributed by atoms with Crippen molar-refractivity contribution >= 4 is 9.84 Å². The van der Waals surface area contributed by atoms with Crippen LogP contribution < -0.4 is 10.5 Å². The molecule has 0 saturated heterocycles. The molecule has 0 aliphatic heterocycles. The van der Waals surface area contributed by atoms with E-state index in [1.807, 2.05) is 6.92 Å². The molecule has 0 aliphatic carbocycles. The fourth-order valence-electron chi connectivity index (χ4n) is 1.58. The molecule has 4 nitrogen and oxygen atoms in total. The van der Waals surface area contributed by atoms with E-state index in [2.05, 4.69) is 0 Å². The lowest BCUT2D eigenvalue weighted by Crippen LogP contribution is -2.16. The molecule has 0 fully saturated rings. The quantitative estimate of drug-likeness (QED) is 0.858. The van der Waals surface area contributed by atoms with Crippen LogP contribution in [0.15, 0.2) is 17.0 Å². The fourth-order valence-corrected chi connectivity index (χ4v) is 3.02. The third-order valence-corrected chi connectivity index (χ3v) is 4.30. The molecule has 1 aromatic carbocycles. The third-order valence-electron chi connectivity index (χ3n) is 2.41. The van der Waals surface area contributed by atoms with Crippen LogP contribution in [0.3, 0.4) is 0 Å². The molecule has 2 N–H and O–H groups in total. The molecule has 0 aromatic heterocycles. The van der Waals surface area contributed by atoms with Gasteiger partial charge in [0.1, 0.15) is 5.75 Å². The Kier molecular flexibility index (Phi) is 3.93. The van der Waals surface area contributed by atoms with Crippen LogP contribution in [0, 0.1) is 13.8 Å². The number of nitrogens with two attached hydrogens (primary N) is 1. The van der Waals surface area contributed by atoms with Crippen LogP contribution in [0.1, 0.15) is 11.1 Å². The number of ether oxygens (including phenoxy) is 1. The first-order valence-electron chi connectivity index (χ1n) is 5.00. The predicted octanol–water partition coefficient (Wildman–Crippen LogP) is 1.04. The Hall–Kier alpha value is -1.07. The molecule has 0 amide bonds. The monoisotopic (exact) mass is 243 g/mol. The van der Waals surface area contributed by atoms with Gasteiger partial charge in [0.25, 0.3) is 0 Å². The van der Waals surface area contributed by atoms with Crippen LogP contribution in [0.25, 0.3) is 0 Å². The summed E-state index contributed by atoms with van der Waals surface area (Å²) in [6, 6.07) is 3.37. The van der Waals surface area contributed by atoms with Crippen LogP contribution in [-0.4, -0.2) is 27.8 Å². The van der Waals surface area contributed by atoms with E-state index < -0.39 is 9.84 Å². The van der Waals surface area contributed by atoms with E-state index in [1.165, 1.54) is 0 Å². The Labute approximate surface area is 96.3 Å². The van der Waals surface area contributed by atoms with Crippen LogP contribution in [0.4, 0.5) is 0 Å². The SMILES string of the molecule is COc1cc(C)c(S(=O)(=O)CCN)cc1C. The summed E-state index contributed by atoms with van der Waals surface area (Å²) in [7, 11) is -1.70. The Bertz CT molecular complexity index is 480. The summed E-state index contributed by atoms with van der Waals surface area (Å²) in [6.07, 6.45) is 0. The van der Waals surface area contributed by atoms with Gasteiger partial charge in [-0.2, -0.15) is 0 Å². The molecule has 0 aliphatic rings. The Morgan fingerprint density at radius 1 is 1.25 bits per heavy atom. The summed E-state index contributed by atoms with van der Waals surface area (Å²) in [5, 5.41) is 0. The molecule has 0 atom stereocenters. The van der Waals surface area contributed by atoms with Crippen molar-refractivity contribution in [2.75, 3.05) is 19.4 Å². The van der Waals surface area contributed by atoms with E-state index in [4.69, 9.17) is 10.5 Å². The minimum atomic E-state index is -3.27. The molecule has 1 rings (SSSR count). The van der Waals surface area contributed by atoms with Gasteiger partial charge in [0.15, 0.2) is 9.84 Å². The van der Waals surface area contributed by atoms with Crippen LogP contribution in [-0.2, 0) is 9.84 Å². The number of benzene rings is 1. The standard InChI is InChI=1S/C11H17NO3S/c1-8-7-11(16(13,14)5-4-12)9(2)6-10(8)15-3/h6-7H,4-5,12H2,1-3H3. The maximum absolute atomic E-state index is 11.9. The number of aryl methyl sites for hydroxylation is 2. The van der Waals surface area contributed by atoms with Gasteiger partial charge in [-0.05, 0) is 37.1 Å². The van der Waals surface area contributed by atoms with Gasteiger partial charge in [-0.25, -0.2) is 8.42 Å². The number of rotatable bonds is 4. The van der Waals surface area contributed by atoms with Crippen LogP contribution >= 0.6 is 0 Å². The second kappa shape index (κ2) is 4.84. The molecule has 1 aromatic rings. The van der Waals surface area contributed by atoms with E-state index in [0.717, 1.165) is 5.56 Å². The van der Waals surface area contributed by atoms with E-state index in [-0.39, 0.29) is 12.3 Å². The topological polar surface area (TPSA) is 69.4 Å². The van der Waals surface area contributed by atoms with E-state index >= 15 is 0 Å². The lowest BCUT2D eigenvalue weighted by Gasteiger charge is -2.11. The molecule has 0 radical (unpaired) electrons. The van der Waals surface area contributed by atoms with Crippen molar-refractivity contribution in [2.45, 2.75) is 18.7 Å². The summed E-state index contributed by atoms with van der Waals surface area (Å²) in [6.45, 7) is 3.71. The van der Waals surface area contributed by atoms with Gasteiger partial charge in [-0.15, -0.1) is 0 Å². The maximum atomic E-state index is 11.9. The molecular weight excluding hydrogens is 226 g/mol. The average molecular weight is 243 g/mol. The summed E-state index contributed by atoms with van der Waals surface area (Å²) in [4.78, 5) is 0.344. The number of sulfone groups is 1. The van der Waals surface area contributed by atoms with E-state index in [0.29, 0.717) is 16.2 Å². The van der Waals surface area contributed by atoms with Crippen molar-refractivity contribution in [2.24, 2.45) is 5.73 Å². The normalized spacial score (nSPS) is 11.5. The highest BCUT2D eigenvalue weighted by Gasteiger charge is 2.17. The maximum Gasteiger partial charge on any atom is 0.179 e. The third kappa shape index (κ3) is 2.54. The highest BCUT2D eigenvalue weighted by Crippen LogP contribution is 2.26. The second-order valence-corrected chi connectivity index (χ2v) is 5.77. The van der Waals surface area contributed by atoms with E-state index in [1.54, 1.807) is 26.2 Å². The highest BCUT2D eigenvalue weighted by atomic mass is 32.2. The van der Waals surface area contributed by atoms with Crippen LogP contribution in [0.5, 0.6) is 5.75 Å². The summed E-state index contributed by atoms with van der Waals surface area (Å²) >= 11 is 0. The largest absolute Gasteiger partial charge is 0.496 e.